The van der Waals surface area contributed by atoms with Gasteiger partial charge in [0.25, 0.3) is 0 Å². The fourth-order valence-corrected chi connectivity index (χ4v) is 0.801. The van der Waals surface area contributed by atoms with Crippen LogP contribution in [0.4, 0.5) is 5.82 Å². The van der Waals surface area contributed by atoms with Crippen molar-refractivity contribution in [2.45, 2.75) is 0 Å². The van der Waals surface area contributed by atoms with Crippen LogP contribution in [0.3, 0.4) is 0 Å². The Kier molecular flexibility index (Phi) is 1.42. The predicted octanol–water partition coefficient (Wildman–Crippen LogP) is -0.109. The van der Waals surface area contributed by atoms with Crippen LogP contribution in [0, 0.1) is 0 Å². The Hall–Kier alpha value is -0.990. The van der Waals surface area contributed by atoms with Crippen LogP contribution in [0.2, 0.25) is 0 Å². The quantitative estimate of drug-likeness (QED) is 0.521. The SMILES string of the molecule is CNc1cc[n+](C)n1C. The van der Waals surface area contributed by atoms with E-state index in [9.17, 15) is 0 Å². The molecule has 1 aromatic heterocycles. The lowest BCUT2D eigenvalue weighted by molar-refractivity contribution is -0.750. The van der Waals surface area contributed by atoms with Crippen LogP contribution < -0.4 is 10.00 Å². The van der Waals surface area contributed by atoms with Crippen molar-refractivity contribution in [3.05, 3.63) is 12.3 Å². The van der Waals surface area contributed by atoms with Gasteiger partial charge in [0.05, 0.1) is 13.1 Å². The number of aromatic nitrogens is 2. The van der Waals surface area contributed by atoms with E-state index in [4.69, 9.17) is 0 Å². The molecule has 1 aromatic rings. The first-order chi connectivity index (χ1) is 4.25. The second-order valence-electron chi connectivity index (χ2n) is 2.05. The molecule has 0 atom stereocenters. The second-order valence-corrected chi connectivity index (χ2v) is 2.05. The average Bonchev–Trinajstić information content (AvgIpc) is 2.15. The topological polar surface area (TPSA) is 20.8 Å². The Morgan fingerprint density at radius 3 is 2.56 bits per heavy atom. The van der Waals surface area contributed by atoms with Crippen molar-refractivity contribution in [2.24, 2.45) is 14.1 Å². The van der Waals surface area contributed by atoms with E-state index >= 15 is 0 Å². The van der Waals surface area contributed by atoms with Gasteiger partial charge in [0, 0.05) is 7.05 Å². The first-order valence-electron chi connectivity index (χ1n) is 2.95. The van der Waals surface area contributed by atoms with Crippen molar-refractivity contribution < 1.29 is 4.68 Å². The molecule has 0 aliphatic heterocycles. The third-order valence-corrected chi connectivity index (χ3v) is 1.53. The molecule has 1 heterocycles. The number of aryl methyl sites for hydroxylation is 1. The summed E-state index contributed by atoms with van der Waals surface area (Å²) in [5.74, 6) is 1.12. The van der Waals surface area contributed by atoms with E-state index < -0.39 is 0 Å². The minimum atomic E-state index is 1.12. The number of nitrogens with zero attached hydrogens (tertiary/aromatic N) is 2. The lowest BCUT2D eigenvalue weighted by Crippen LogP contribution is -2.36. The maximum Gasteiger partial charge on any atom is 0.197 e. The molecule has 9 heavy (non-hydrogen) atoms. The number of hydrogen-bond donors (Lipinski definition) is 1. The molecule has 0 bridgehead atoms. The van der Waals surface area contributed by atoms with Crippen LogP contribution in [-0.4, -0.2) is 11.7 Å². The van der Waals surface area contributed by atoms with Crippen LogP contribution in [0.15, 0.2) is 12.3 Å². The first kappa shape index (κ1) is 6.13. The van der Waals surface area contributed by atoms with Gasteiger partial charge in [-0.3, -0.25) is 0 Å². The minimum Gasteiger partial charge on any atom is -0.370 e. The summed E-state index contributed by atoms with van der Waals surface area (Å²) in [7, 11) is 5.92. The van der Waals surface area contributed by atoms with Gasteiger partial charge in [0.1, 0.15) is 0 Å². The van der Waals surface area contributed by atoms with Crippen LogP contribution in [0.25, 0.3) is 0 Å². The second kappa shape index (κ2) is 2.09. The van der Waals surface area contributed by atoms with Gasteiger partial charge in [-0.15, -0.1) is 9.36 Å². The molecule has 0 aromatic carbocycles. The molecule has 0 unspecified atom stereocenters. The molecule has 0 aliphatic carbocycles. The molecule has 3 heteroatoms. The first-order valence-corrected chi connectivity index (χ1v) is 2.95. The summed E-state index contributed by atoms with van der Waals surface area (Å²) in [5, 5.41) is 3.06. The van der Waals surface area contributed by atoms with Crippen LogP contribution >= 0.6 is 0 Å². The molecular formula is C6H12N3+. The normalized spacial score (nSPS) is 9.67. The maximum absolute atomic E-state index is 3.06. The highest BCUT2D eigenvalue weighted by atomic mass is 15.4. The molecule has 0 saturated carbocycles. The summed E-state index contributed by atoms with van der Waals surface area (Å²) < 4.78 is 4.03. The van der Waals surface area contributed by atoms with Crippen LogP contribution in [-0.2, 0) is 14.1 Å². The largest absolute Gasteiger partial charge is 0.370 e. The molecule has 0 saturated heterocycles. The standard InChI is InChI=1S/C6H11N3/c1-7-6-4-5-8(2)9(6)3/h4-5H,1-3H3/p+1. The Labute approximate surface area is 54.9 Å². The highest BCUT2D eigenvalue weighted by Gasteiger charge is 2.02. The van der Waals surface area contributed by atoms with E-state index in [1.165, 1.54) is 0 Å². The van der Waals surface area contributed by atoms with E-state index in [0.29, 0.717) is 0 Å². The molecule has 1 rings (SSSR count). The summed E-state index contributed by atoms with van der Waals surface area (Å²) in [6.07, 6.45) is 2.01. The molecule has 0 radical (unpaired) electrons. The van der Waals surface area contributed by atoms with Crippen molar-refractivity contribution >= 4 is 5.82 Å². The number of anilines is 1. The maximum atomic E-state index is 3.06. The van der Waals surface area contributed by atoms with Gasteiger partial charge in [-0.05, 0) is 0 Å². The van der Waals surface area contributed by atoms with Crippen molar-refractivity contribution in [1.82, 2.24) is 4.68 Å². The molecule has 3 nitrogen and oxygen atoms in total. The van der Waals surface area contributed by atoms with E-state index in [0.717, 1.165) is 5.82 Å². The molecule has 0 spiro atoms. The van der Waals surface area contributed by atoms with Gasteiger partial charge >= 0.3 is 0 Å². The highest BCUT2D eigenvalue weighted by Crippen LogP contribution is 1.97. The van der Waals surface area contributed by atoms with Crippen molar-refractivity contribution in [1.29, 1.82) is 0 Å². The van der Waals surface area contributed by atoms with E-state index in [-0.39, 0.29) is 0 Å². The van der Waals surface area contributed by atoms with Gasteiger partial charge in [-0.2, -0.15) is 0 Å². The minimum absolute atomic E-state index is 1.12. The van der Waals surface area contributed by atoms with Crippen LogP contribution in [0.5, 0.6) is 0 Å². The summed E-state index contributed by atoms with van der Waals surface area (Å²) >= 11 is 0. The summed E-state index contributed by atoms with van der Waals surface area (Å²) in [5.41, 5.74) is 0. The third-order valence-electron chi connectivity index (χ3n) is 1.53. The summed E-state index contributed by atoms with van der Waals surface area (Å²) in [6, 6.07) is 2.03. The fraction of sp³-hybridized carbons (Fsp3) is 0.500. The fourth-order valence-electron chi connectivity index (χ4n) is 0.801. The smallest absolute Gasteiger partial charge is 0.197 e. The Balaban J connectivity index is 3.04. The van der Waals surface area contributed by atoms with Crippen LogP contribution in [0.1, 0.15) is 0 Å². The van der Waals surface area contributed by atoms with E-state index in [1.54, 1.807) is 0 Å². The monoisotopic (exact) mass is 126 g/mol. The zero-order chi connectivity index (χ0) is 6.85. The zero-order valence-corrected chi connectivity index (χ0v) is 6.05. The lowest BCUT2D eigenvalue weighted by Gasteiger charge is -1.95. The molecular weight excluding hydrogens is 114 g/mol. The number of hydrogen-bond acceptors (Lipinski definition) is 1. The van der Waals surface area contributed by atoms with Crippen molar-refractivity contribution in [3.8, 4) is 0 Å². The number of nitrogens with one attached hydrogen (secondary N) is 1. The van der Waals surface area contributed by atoms with E-state index in [2.05, 4.69) is 5.32 Å². The van der Waals surface area contributed by atoms with E-state index in [1.807, 2.05) is 42.8 Å². The lowest BCUT2D eigenvalue weighted by atomic mass is 10.6. The summed E-state index contributed by atoms with van der Waals surface area (Å²) in [4.78, 5) is 0. The Morgan fingerprint density at radius 2 is 2.33 bits per heavy atom. The zero-order valence-electron chi connectivity index (χ0n) is 6.05. The predicted molar refractivity (Wildman–Crippen MR) is 36.1 cm³/mol. The molecule has 1 N–H and O–H groups in total. The molecule has 0 aliphatic rings. The molecule has 0 fully saturated rings. The van der Waals surface area contributed by atoms with Gasteiger partial charge in [-0.25, -0.2) is 0 Å². The van der Waals surface area contributed by atoms with Crippen molar-refractivity contribution in [2.75, 3.05) is 12.4 Å². The highest BCUT2D eigenvalue weighted by molar-refractivity contribution is 5.30. The van der Waals surface area contributed by atoms with Gasteiger partial charge in [0.15, 0.2) is 19.1 Å². The van der Waals surface area contributed by atoms with Crippen molar-refractivity contribution in [3.63, 3.8) is 0 Å². The number of rotatable bonds is 1. The third kappa shape index (κ3) is 0.896. The Morgan fingerprint density at radius 1 is 1.67 bits per heavy atom. The Bertz CT molecular complexity index is 202. The average molecular weight is 126 g/mol. The van der Waals surface area contributed by atoms with Gasteiger partial charge in [-0.1, -0.05) is 0 Å². The summed E-state index contributed by atoms with van der Waals surface area (Å²) in [6.45, 7) is 0. The van der Waals surface area contributed by atoms with Gasteiger partial charge < -0.3 is 5.32 Å². The molecule has 0 amide bonds. The van der Waals surface area contributed by atoms with Gasteiger partial charge in [0.2, 0.25) is 0 Å². The molecule has 50 valence electrons.